The first-order valence-electron chi connectivity index (χ1n) is 3.83. The van der Waals surface area contributed by atoms with E-state index < -0.39 is 10.1 Å². The molecule has 0 unspecified atom stereocenters. The number of morpholine rings is 1. The third-order valence-corrected chi connectivity index (χ3v) is 2.47. The average molecular weight is 305 g/mol. The Morgan fingerprint density at radius 1 is 1.13 bits per heavy atom. The molecule has 1 fully saturated rings. The van der Waals surface area contributed by atoms with E-state index in [1.54, 1.807) is 0 Å². The summed E-state index contributed by atoms with van der Waals surface area (Å²) in [4.78, 5) is 1.96. The smallest absolute Gasteiger partial charge is 0.266 e. The molecule has 0 radical (unpaired) electrons. The van der Waals surface area contributed by atoms with Crippen molar-refractivity contribution in [3.63, 3.8) is 0 Å². The highest BCUT2D eigenvalue weighted by molar-refractivity contribution is 7.85. The minimum atomic E-state index is -3.81. The molecule has 0 aromatic rings. The van der Waals surface area contributed by atoms with Gasteiger partial charge in [0.15, 0.2) is 0 Å². The number of hydrogen-bond donors (Lipinski definition) is 1. The average Bonchev–Trinajstić information content (AvgIpc) is 2.02. The number of rotatable bonds is 3. The first-order valence-corrected chi connectivity index (χ1v) is 5.44. The van der Waals surface area contributed by atoms with Crippen LogP contribution in [0.3, 0.4) is 0 Å². The van der Waals surface area contributed by atoms with Crippen molar-refractivity contribution in [3.8, 4) is 0 Å². The molecule has 1 N–H and O–H groups in total. The monoisotopic (exact) mass is 303 g/mol. The molecular weight excluding hydrogens is 288 g/mol. The van der Waals surface area contributed by atoms with Crippen molar-refractivity contribution in [2.24, 2.45) is 0 Å². The van der Waals surface area contributed by atoms with Gasteiger partial charge in [0.25, 0.3) is 10.1 Å². The molecule has 96 valence electrons. The molecule has 0 atom stereocenters. The van der Waals surface area contributed by atoms with Gasteiger partial charge in [-0.2, -0.15) is 8.42 Å². The Morgan fingerprint density at radius 2 is 1.60 bits per heavy atom. The standard InChI is InChI=1S/C6H13NO4S.3ClH/c8-12(9,10)6-3-7-1-4-11-5-2-7;;;/h1-6H2,(H,8,9,10);3*1H. The summed E-state index contributed by atoms with van der Waals surface area (Å²) < 4.78 is 34.3. The quantitative estimate of drug-likeness (QED) is 0.768. The van der Waals surface area contributed by atoms with Crippen LogP contribution in [0, 0.1) is 0 Å². The van der Waals surface area contributed by atoms with Gasteiger partial charge in [-0.05, 0) is 0 Å². The SMILES string of the molecule is Cl.Cl.Cl.O=S(=O)(O)CCN1CCOCC1. The Hall–Kier alpha value is 0.700. The Morgan fingerprint density at radius 3 is 2.00 bits per heavy atom. The lowest BCUT2D eigenvalue weighted by atomic mass is 10.4. The van der Waals surface area contributed by atoms with Crippen LogP contribution in [0.15, 0.2) is 0 Å². The second-order valence-electron chi connectivity index (χ2n) is 2.74. The topological polar surface area (TPSA) is 66.8 Å². The van der Waals surface area contributed by atoms with Crippen LogP contribution < -0.4 is 0 Å². The van der Waals surface area contributed by atoms with E-state index in [-0.39, 0.29) is 43.0 Å². The highest BCUT2D eigenvalue weighted by atomic mass is 35.5. The predicted octanol–water partition coefficient (Wildman–Crippen LogP) is 0.472. The van der Waals surface area contributed by atoms with Gasteiger partial charge in [0.05, 0.1) is 19.0 Å². The van der Waals surface area contributed by atoms with Gasteiger partial charge in [0.1, 0.15) is 0 Å². The highest BCUT2D eigenvalue weighted by Gasteiger charge is 2.13. The third kappa shape index (κ3) is 11.0. The molecule has 0 aromatic carbocycles. The van der Waals surface area contributed by atoms with Crippen LogP contribution in [0.2, 0.25) is 0 Å². The van der Waals surface area contributed by atoms with E-state index in [1.165, 1.54) is 0 Å². The molecule has 0 amide bonds. The molecule has 5 nitrogen and oxygen atoms in total. The minimum Gasteiger partial charge on any atom is -0.379 e. The van der Waals surface area contributed by atoms with E-state index >= 15 is 0 Å². The van der Waals surface area contributed by atoms with Crippen LogP contribution in [0.4, 0.5) is 0 Å². The Bertz CT molecular complexity index is 231. The Labute approximate surface area is 109 Å². The first-order chi connectivity index (χ1) is 5.58. The molecule has 0 spiro atoms. The van der Waals surface area contributed by atoms with Gasteiger partial charge in [0.2, 0.25) is 0 Å². The van der Waals surface area contributed by atoms with E-state index in [2.05, 4.69) is 0 Å². The van der Waals surface area contributed by atoms with Crippen molar-refractivity contribution >= 4 is 47.3 Å². The molecule has 1 heterocycles. The molecule has 0 saturated carbocycles. The molecule has 1 aliphatic heterocycles. The highest BCUT2D eigenvalue weighted by Crippen LogP contribution is 1.96. The van der Waals surface area contributed by atoms with Crippen molar-refractivity contribution in [2.45, 2.75) is 0 Å². The summed E-state index contributed by atoms with van der Waals surface area (Å²) in [7, 11) is -3.81. The Balaban J connectivity index is -0.000000480. The van der Waals surface area contributed by atoms with Crippen molar-refractivity contribution in [1.29, 1.82) is 0 Å². The van der Waals surface area contributed by atoms with E-state index in [0.717, 1.165) is 13.1 Å². The fraction of sp³-hybridized carbons (Fsp3) is 1.00. The zero-order valence-corrected chi connectivity index (χ0v) is 11.3. The zero-order valence-electron chi connectivity index (χ0n) is 7.99. The molecule has 0 aliphatic carbocycles. The lowest BCUT2D eigenvalue weighted by molar-refractivity contribution is 0.0406. The number of halogens is 3. The van der Waals surface area contributed by atoms with Crippen LogP contribution in [-0.2, 0) is 14.9 Å². The first kappa shape index (κ1) is 21.0. The molecule has 0 bridgehead atoms. The van der Waals surface area contributed by atoms with Gasteiger partial charge in [0, 0.05) is 19.6 Å². The molecule has 9 heteroatoms. The molecule has 1 rings (SSSR count). The van der Waals surface area contributed by atoms with Crippen LogP contribution >= 0.6 is 37.2 Å². The molecule has 0 aromatic heterocycles. The van der Waals surface area contributed by atoms with Crippen LogP contribution in [0.25, 0.3) is 0 Å². The second kappa shape index (κ2) is 9.89. The van der Waals surface area contributed by atoms with Crippen molar-refractivity contribution in [1.82, 2.24) is 4.90 Å². The van der Waals surface area contributed by atoms with Gasteiger partial charge in [-0.15, -0.1) is 37.2 Å². The fourth-order valence-corrected chi connectivity index (χ4v) is 1.56. The van der Waals surface area contributed by atoms with E-state index in [1.807, 2.05) is 4.90 Å². The van der Waals surface area contributed by atoms with Crippen LogP contribution in [0.1, 0.15) is 0 Å². The van der Waals surface area contributed by atoms with Gasteiger partial charge in [-0.25, -0.2) is 0 Å². The Kier molecular flexibility index (Phi) is 13.9. The largest absolute Gasteiger partial charge is 0.379 e. The van der Waals surface area contributed by atoms with Crippen LogP contribution in [-0.4, -0.2) is 56.5 Å². The maximum Gasteiger partial charge on any atom is 0.266 e. The van der Waals surface area contributed by atoms with Crippen molar-refractivity contribution in [2.75, 3.05) is 38.6 Å². The van der Waals surface area contributed by atoms with Crippen LogP contribution in [0.5, 0.6) is 0 Å². The lowest BCUT2D eigenvalue weighted by Crippen LogP contribution is -2.38. The summed E-state index contributed by atoms with van der Waals surface area (Å²) in [6.45, 7) is 3.17. The molecular formula is C6H16Cl3NO4S. The minimum absolute atomic E-state index is 0. The summed E-state index contributed by atoms with van der Waals surface area (Å²) in [6, 6.07) is 0. The summed E-state index contributed by atoms with van der Waals surface area (Å²) >= 11 is 0. The number of nitrogens with zero attached hydrogens (tertiary/aromatic N) is 1. The fourth-order valence-electron chi connectivity index (χ4n) is 1.07. The summed E-state index contributed by atoms with van der Waals surface area (Å²) in [5.74, 6) is -0.188. The number of hydrogen-bond acceptors (Lipinski definition) is 4. The van der Waals surface area contributed by atoms with E-state index in [9.17, 15) is 8.42 Å². The van der Waals surface area contributed by atoms with E-state index in [4.69, 9.17) is 9.29 Å². The van der Waals surface area contributed by atoms with Gasteiger partial charge in [-0.3, -0.25) is 9.45 Å². The predicted molar refractivity (Wildman–Crippen MR) is 65.4 cm³/mol. The molecule has 1 saturated heterocycles. The molecule has 1 aliphatic rings. The molecule has 15 heavy (non-hydrogen) atoms. The van der Waals surface area contributed by atoms with Gasteiger partial charge in [-0.1, -0.05) is 0 Å². The second-order valence-corrected chi connectivity index (χ2v) is 4.31. The van der Waals surface area contributed by atoms with Crippen molar-refractivity contribution in [3.05, 3.63) is 0 Å². The van der Waals surface area contributed by atoms with Crippen molar-refractivity contribution < 1.29 is 17.7 Å². The lowest BCUT2D eigenvalue weighted by Gasteiger charge is -2.25. The van der Waals surface area contributed by atoms with Gasteiger partial charge < -0.3 is 4.74 Å². The third-order valence-electron chi connectivity index (χ3n) is 1.77. The summed E-state index contributed by atoms with van der Waals surface area (Å²) in [6.07, 6.45) is 0. The summed E-state index contributed by atoms with van der Waals surface area (Å²) in [5.41, 5.74) is 0. The summed E-state index contributed by atoms with van der Waals surface area (Å²) in [5, 5.41) is 0. The number of ether oxygens (including phenoxy) is 1. The van der Waals surface area contributed by atoms with E-state index in [0.29, 0.717) is 19.8 Å². The van der Waals surface area contributed by atoms with Gasteiger partial charge >= 0.3 is 0 Å². The zero-order chi connectivity index (χ0) is 9.03. The normalized spacial score (nSPS) is 16.9. The maximum atomic E-state index is 10.4. The maximum absolute atomic E-state index is 10.4.